The van der Waals surface area contributed by atoms with Crippen molar-refractivity contribution < 1.29 is 0 Å². The first-order valence-electron chi connectivity index (χ1n) is 6.84. The van der Waals surface area contributed by atoms with Crippen LogP contribution in [0.15, 0.2) is 48.5 Å². The van der Waals surface area contributed by atoms with Gasteiger partial charge >= 0.3 is 0 Å². The number of aryl methyl sites for hydroxylation is 1. The molecule has 0 bridgehead atoms. The zero-order valence-electron chi connectivity index (χ0n) is 12.2. The Bertz CT molecular complexity index is 464. The fourth-order valence-electron chi connectivity index (χ4n) is 1.94. The second-order valence-corrected chi connectivity index (χ2v) is 4.59. The lowest BCUT2D eigenvalue weighted by Crippen LogP contribution is -1.87. The molecule has 0 spiro atoms. The first-order chi connectivity index (χ1) is 8.68. The average molecular weight is 240 g/mol. The molecule has 0 amide bonds. The van der Waals surface area contributed by atoms with E-state index in [1.807, 2.05) is 13.8 Å². The second kappa shape index (κ2) is 7.00. The fourth-order valence-corrected chi connectivity index (χ4v) is 1.94. The predicted molar refractivity (Wildman–Crippen MR) is 82.1 cm³/mol. The highest BCUT2D eigenvalue weighted by Crippen LogP contribution is 2.25. The van der Waals surface area contributed by atoms with E-state index < -0.39 is 0 Å². The van der Waals surface area contributed by atoms with Gasteiger partial charge in [-0.1, -0.05) is 76.2 Å². The third-order valence-corrected chi connectivity index (χ3v) is 3.03. The molecule has 0 radical (unpaired) electrons. The molecule has 0 N–H and O–H groups in total. The van der Waals surface area contributed by atoms with Gasteiger partial charge in [0.2, 0.25) is 0 Å². The van der Waals surface area contributed by atoms with E-state index in [2.05, 4.69) is 69.3 Å². The van der Waals surface area contributed by atoms with Crippen LogP contribution in [0.5, 0.6) is 0 Å². The summed E-state index contributed by atoms with van der Waals surface area (Å²) in [4.78, 5) is 0. The molecule has 0 unspecified atom stereocenters. The summed E-state index contributed by atoms with van der Waals surface area (Å²) >= 11 is 0. The van der Waals surface area contributed by atoms with Crippen LogP contribution in [-0.2, 0) is 0 Å². The minimum absolute atomic E-state index is 0.603. The molecular formula is C18H24. The Hall–Kier alpha value is -1.56. The Morgan fingerprint density at radius 1 is 0.778 bits per heavy atom. The Morgan fingerprint density at radius 2 is 1.33 bits per heavy atom. The molecular weight excluding hydrogens is 216 g/mol. The van der Waals surface area contributed by atoms with Crippen molar-refractivity contribution in [2.45, 2.75) is 40.5 Å². The maximum absolute atomic E-state index is 2.23. The molecule has 0 aliphatic carbocycles. The van der Waals surface area contributed by atoms with Gasteiger partial charge in [-0.3, -0.25) is 0 Å². The van der Waals surface area contributed by atoms with Crippen molar-refractivity contribution in [3.63, 3.8) is 0 Å². The number of hydrogen-bond acceptors (Lipinski definition) is 0. The lowest BCUT2D eigenvalue weighted by atomic mass is 9.97. The van der Waals surface area contributed by atoms with Gasteiger partial charge in [-0.15, -0.1) is 0 Å². The smallest absolute Gasteiger partial charge is 0.0155 e. The molecule has 0 nitrogen and oxygen atoms in total. The molecule has 0 aromatic heterocycles. The summed E-state index contributed by atoms with van der Waals surface area (Å²) < 4.78 is 0. The predicted octanol–water partition coefficient (Wildman–Crippen LogP) is 5.81. The van der Waals surface area contributed by atoms with Gasteiger partial charge < -0.3 is 0 Å². The molecule has 0 atom stereocenters. The number of benzene rings is 2. The van der Waals surface area contributed by atoms with Crippen LogP contribution in [0.3, 0.4) is 0 Å². The van der Waals surface area contributed by atoms with Crippen molar-refractivity contribution in [1.29, 1.82) is 0 Å². The van der Waals surface area contributed by atoms with E-state index in [-0.39, 0.29) is 0 Å². The molecule has 0 aliphatic heterocycles. The van der Waals surface area contributed by atoms with Crippen LogP contribution in [0.2, 0.25) is 0 Å². The SMILES string of the molecule is CC.Cc1ccccc1-c1ccc(C(C)C)cc1. The summed E-state index contributed by atoms with van der Waals surface area (Å²) in [5.41, 5.74) is 5.37. The van der Waals surface area contributed by atoms with Gasteiger partial charge in [0.25, 0.3) is 0 Å². The van der Waals surface area contributed by atoms with E-state index >= 15 is 0 Å². The molecule has 0 fully saturated rings. The normalized spacial score (nSPS) is 9.89. The van der Waals surface area contributed by atoms with Crippen LogP contribution in [0.1, 0.15) is 44.7 Å². The molecule has 0 aliphatic rings. The zero-order chi connectivity index (χ0) is 13.5. The van der Waals surface area contributed by atoms with Crippen molar-refractivity contribution in [2.75, 3.05) is 0 Å². The van der Waals surface area contributed by atoms with Crippen molar-refractivity contribution in [2.24, 2.45) is 0 Å². The van der Waals surface area contributed by atoms with Gasteiger partial charge in [-0.2, -0.15) is 0 Å². The van der Waals surface area contributed by atoms with Gasteiger partial charge in [-0.05, 0) is 35.1 Å². The zero-order valence-corrected chi connectivity index (χ0v) is 12.2. The minimum atomic E-state index is 0.603. The van der Waals surface area contributed by atoms with Crippen molar-refractivity contribution >= 4 is 0 Å². The highest BCUT2D eigenvalue weighted by atomic mass is 14.1. The quantitative estimate of drug-likeness (QED) is 0.621. The first kappa shape index (κ1) is 14.5. The third-order valence-electron chi connectivity index (χ3n) is 3.03. The van der Waals surface area contributed by atoms with E-state index in [0.29, 0.717) is 5.92 Å². The van der Waals surface area contributed by atoms with Crippen molar-refractivity contribution in [3.8, 4) is 11.1 Å². The van der Waals surface area contributed by atoms with Crippen LogP contribution in [0.4, 0.5) is 0 Å². The Kier molecular flexibility index (Phi) is 5.64. The van der Waals surface area contributed by atoms with Crippen LogP contribution in [0, 0.1) is 6.92 Å². The maximum atomic E-state index is 2.23. The first-order valence-corrected chi connectivity index (χ1v) is 6.84. The molecule has 0 heteroatoms. The van der Waals surface area contributed by atoms with Crippen molar-refractivity contribution in [3.05, 3.63) is 59.7 Å². The molecule has 18 heavy (non-hydrogen) atoms. The summed E-state index contributed by atoms with van der Waals surface area (Å²) in [5, 5.41) is 0. The van der Waals surface area contributed by atoms with Gasteiger partial charge in [0, 0.05) is 0 Å². The summed E-state index contributed by atoms with van der Waals surface area (Å²) in [7, 11) is 0. The average Bonchev–Trinajstić information content (AvgIpc) is 2.42. The van der Waals surface area contributed by atoms with Gasteiger partial charge in [0.15, 0.2) is 0 Å². The molecule has 2 aromatic rings. The minimum Gasteiger partial charge on any atom is -0.0683 e. The summed E-state index contributed by atoms with van der Waals surface area (Å²) in [6.07, 6.45) is 0. The third kappa shape index (κ3) is 3.46. The highest BCUT2D eigenvalue weighted by molar-refractivity contribution is 5.67. The van der Waals surface area contributed by atoms with Gasteiger partial charge in [0.05, 0.1) is 0 Å². The summed E-state index contributed by atoms with van der Waals surface area (Å²) in [6.45, 7) is 10.6. The van der Waals surface area contributed by atoms with Gasteiger partial charge in [-0.25, -0.2) is 0 Å². The van der Waals surface area contributed by atoms with Crippen molar-refractivity contribution in [1.82, 2.24) is 0 Å². The lowest BCUT2D eigenvalue weighted by molar-refractivity contribution is 0.867. The molecule has 2 aromatic carbocycles. The van der Waals surface area contributed by atoms with Crippen LogP contribution in [-0.4, -0.2) is 0 Å². The van der Waals surface area contributed by atoms with E-state index in [1.54, 1.807) is 0 Å². The lowest BCUT2D eigenvalue weighted by Gasteiger charge is -2.08. The van der Waals surface area contributed by atoms with E-state index in [1.165, 1.54) is 22.3 Å². The van der Waals surface area contributed by atoms with E-state index in [0.717, 1.165) is 0 Å². The summed E-state index contributed by atoms with van der Waals surface area (Å²) in [6, 6.07) is 17.4. The monoisotopic (exact) mass is 240 g/mol. The topological polar surface area (TPSA) is 0 Å². The molecule has 2 rings (SSSR count). The molecule has 0 saturated carbocycles. The molecule has 96 valence electrons. The van der Waals surface area contributed by atoms with Crippen LogP contribution < -0.4 is 0 Å². The number of rotatable bonds is 2. The second-order valence-electron chi connectivity index (χ2n) is 4.59. The van der Waals surface area contributed by atoms with Crippen LogP contribution >= 0.6 is 0 Å². The standard InChI is InChI=1S/C16H18.C2H6/c1-12(2)14-8-10-15(11-9-14)16-7-5-4-6-13(16)3;1-2/h4-12H,1-3H3;1-2H3. The number of hydrogen-bond donors (Lipinski definition) is 0. The Balaban J connectivity index is 0.000000771. The van der Waals surface area contributed by atoms with Crippen LogP contribution in [0.25, 0.3) is 11.1 Å². The Morgan fingerprint density at radius 3 is 1.83 bits per heavy atom. The summed E-state index contributed by atoms with van der Waals surface area (Å²) in [5.74, 6) is 0.603. The van der Waals surface area contributed by atoms with E-state index in [4.69, 9.17) is 0 Å². The Labute approximate surface area is 112 Å². The molecule has 0 heterocycles. The van der Waals surface area contributed by atoms with E-state index in [9.17, 15) is 0 Å². The largest absolute Gasteiger partial charge is 0.0683 e. The highest BCUT2D eigenvalue weighted by Gasteiger charge is 2.02. The molecule has 0 saturated heterocycles. The fraction of sp³-hybridized carbons (Fsp3) is 0.333. The van der Waals surface area contributed by atoms with Gasteiger partial charge in [0.1, 0.15) is 0 Å². The maximum Gasteiger partial charge on any atom is -0.0155 e.